The predicted octanol–water partition coefficient (Wildman–Crippen LogP) is 4.65. The smallest absolute Gasteiger partial charge is 0.303 e. The van der Waals surface area contributed by atoms with Gasteiger partial charge in [0.15, 0.2) is 0 Å². The van der Waals surface area contributed by atoms with Crippen LogP contribution in [0.5, 0.6) is 5.75 Å². The van der Waals surface area contributed by atoms with Gasteiger partial charge in [-0.05, 0) is 87.2 Å². The van der Waals surface area contributed by atoms with Gasteiger partial charge in [0.05, 0.1) is 17.8 Å². The topological polar surface area (TPSA) is 71.5 Å². The molecule has 0 bridgehead atoms. The molecular formula is C23H30N2O3S. The van der Waals surface area contributed by atoms with Crippen molar-refractivity contribution in [3.63, 3.8) is 0 Å². The minimum absolute atomic E-state index is 0.296. The van der Waals surface area contributed by atoms with Crippen molar-refractivity contribution in [2.24, 2.45) is 5.92 Å². The van der Waals surface area contributed by atoms with Crippen LogP contribution in [-0.2, 0) is 17.6 Å². The number of carboxylic acids is 1. The SMILES string of the molecule is COc1cc2c(cc1-c1csc([C@H]3CC[C@H](CCC(=O)O)CC3)n1)CCNCC2. The third-order valence-corrected chi connectivity index (χ3v) is 7.43. The monoisotopic (exact) mass is 414 g/mol. The normalized spacial score (nSPS) is 22.0. The van der Waals surface area contributed by atoms with Crippen LogP contribution in [-0.4, -0.2) is 36.3 Å². The number of fused-ring (bicyclic) bond motifs is 1. The van der Waals surface area contributed by atoms with Crippen LogP contribution in [0.3, 0.4) is 0 Å². The van der Waals surface area contributed by atoms with Gasteiger partial charge in [0.1, 0.15) is 5.75 Å². The highest BCUT2D eigenvalue weighted by Crippen LogP contribution is 2.41. The molecule has 1 aliphatic carbocycles. The van der Waals surface area contributed by atoms with Gasteiger partial charge in [-0.2, -0.15) is 0 Å². The number of ether oxygens (including phenoxy) is 1. The van der Waals surface area contributed by atoms with Gasteiger partial charge < -0.3 is 15.2 Å². The molecule has 6 heteroatoms. The molecule has 0 radical (unpaired) electrons. The van der Waals surface area contributed by atoms with Crippen LogP contribution in [0.4, 0.5) is 0 Å². The molecule has 2 aromatic rings. The van der Waals surface area contributed by atoms with E-state index in [1.54, 1.807) is 18.4 Å². The molecule has 5 nitrogen and oxygen atoms in total. The third-order valence-electron chi connectivity index (χ3n) is 6.42. The molecular weight excluding hydrogens is 384 g/mol. The first-order valence-electron chi connectivity index (χ1n) is 10.7. The van der Waals surface area contributed by atoms with E-state index in [-0.39, 0.29) is 0 Å². The van der Waals surface area contributed by atoms with Gasteiger partial charge in [-0.3, -0.25) is 4.79 Å². The minimum atomic E-state index is -0.679. The Morgan fingerprint density at radius 2 is 1.93 bits per heavy atom. The molecule has 0 spiro atoms. The predicted molar refractivity (Wildman–Crippen MR) is 116 cm³/mol. The first-order valence-corrected chi connectivity index (χ1v) is 11.6. The third kappa shape index (κ3) is 4.81. The summed E-state index contributed by atoms with van der Waals surface area (Å²) in [6.45, 7) is 2.04. The molecule has 1 aromatic carbocycles. The van der Waals surface area contributed by atoms with E-state index in [9.17, 15) is 4.79 Å². The fraction of sp³-hybridized carbons (Fsp3) is 0.565. The standard InChI is InChI=1S/C23H30N2O3S/c1-28-21-13-18-9-11-24-10-8-17(18)12-19(21)20-14-29-23(25-20)16-5-2-15(3-6-16)4-7-22(26)27/h12-16,24H,2-11H2,1H3,(H,26,27)/t15-,16-. The fourth-order valence-corrected chi connectivity index (χ4v) is 5.69. The fourth-order valence-electron chi connectivity index (χ4n) is 4.70. The number of benzene rings is 1. The number of carboxylic acid groups (broad SMARTS) is 1. The maximum absolute atomic E-state index is 10.8. The number of carbonyl (C=O) groups is 1. The van der Waals surface area contributed by atoms with Gasteiger partial charge in [-0.25, -0.2) is 4.98 Å². The Morgan fingerprint density at radius 1 is 1.21 bits per heavy atom. The largest absolute Gasteiger partial charge is 0.496 e. The van der Waals surface area contributed by atoms with Crippen LogP contribution in [0.2, 0.25) is 0 Å². The second-order valence-corrected chi connectivity index (χ2v) is 9.18. The van der Waals surface area contributed by atoms with Gasteiger partial charge in [-0.15, -0.1) is 11.3 Å². The lowest BCUT2D eigenvalue weighted by molar-refractivity contribution is -0.137. The molecule has 1 fully saturated rings. The summed E-state index contributed by atoms with van der Waals surface area (Å²) in [4.78, 5) is 15.8. The van der Waals surface area contributed by atoms with Crippen LogP contribution in [0.15, 0.2) is 17.5 Å². The van der Waals surface area contributed by atoms with Crippen molar-refractivity contribution in [3.05, 3.63) is 33.6 Å². The van der Waals surface area contributed by atoms with Crippen molar-refractivity contribution in [3.8, 4) is 17.0 Å². The molecule has 0 amide bonds. The summed E-state index contributed by atoms with van der Waals surface area (Å²) in [5.41, 5.74) is 4.91. The Bertz CT molecular complexity index is 856. The second-order valence-electron chi connectivity index (χ2n) is 8.29. The van der Waals surface area contributed by atoms with Crippen LogP contribution in [0.25, 0.3) is 11.3 Å². The first kappa shape index (κ1) is 20.4. The Labute approximate surface area is 176 Å². The summed E-state index contributed by atoms with van der Waals surface area (Å²) in [5, 5.41) is 15.8. The molecule has 156 valence electrons. The number of nitrogens with one attached hydrogen (secondary N) is 1. The molecule has 0 saturated heterocycles. The van der Waals surface area contributed by atoms with E-state index in [0.29, 0.717) is 18.3 Å². The molecule has 0 unspecified atom stereocenters. The number of thiazole rings is 1. The second kappa shape index (κ2) is 9.26. The van der Waals surface area contributed by atoms with E-state index in [1.807, 2.05) is 0 Å². The van der Waals surface area contributed by atoms with Crippen molar-refractivity contribution in [2.45, 2.75) is 57.3 Å². The number of aromatic nitrogens is 1. The lowest BCUT2D eigenvalue weighted by Gasteiger charge is -2.26. The zero-order chi connectivity index (χ0) is 20.2. The van der Waals surface area contributed by atoms with Crippen molar-refractivity contribution < 1.29 is 14.6 Å². The zero-order valence-corrected chi connectivity index (χ0v) is 17.9. The first-order chi connectivity index (χ1) is 14.1. The molecule has 1 aliphatic heterocycles. The molecule has 0 atom stereocenters. The van der Waals surface area contributed by atoms with Gasteiger partial charge in [0.2, 0.25) is 0 Å². The van der Waals surface area contributed by atoms with Crippen molar-refractivity contribution in [1.82, 2.24) is 10.3 Å². The van der Waals surface area contributed by atoms with Gasteiger partial charge in [0.25, 0.3) is 0 Å². The quantitative estimate of drug-likeness (QED) is 0.720. The number of aliphatic carboxylic acids is 1. The van der Waals surface area contributed by atoms with E-state index in [1.165, 1.54) is 16.1 Å². The van der Waals surface area contributed by atoms with Gasteiger partial charge in [0, 0.05) is 23.3 Å². The molecule has 2 heterocycles. The lowest BCUT2D eigenvalue weighted by atomic mass is 9.80. The molecule has 29 heavy (non-hydrogen) atoms. The highest BCUT2D eigenvalue weighted by molar-refractivity contribution is 7.10. The van der Waals surface area contributed by atoms with E-state index in [4.69, 9.17) is 14.8 Å². The number of hydrogen-bond donors (Lipinski definition) is 2. The van der Waals surface area contributed by atoms with E-state index < -0.39 is 5.97 Å². The number of hydrogen-bond acceptors (Lipinski definition) is 5. The summed E-state index contributed by atoms with van der Waals surface area (Å²) in [5.74, 6) is 1.30. The summed E-state index contributed by atoms with van der Waals surface area (Å²) >= 11 is 1.76. The Kier molecular flexibility index (Phi) is 6.50. The van der Waals surface area contributed by atoms with Gasteiger partial charge >= 0.3 is 5.97 Å². The number of nitrogens with zero attached hydrogens (tertiary/aromatic N) is 1. The molecule has 1 aromatic heterocycles. The Hall–Kier alpha value is -1.92. The Morgan fingerprint density at radius 3 is 2.62 bits per heavy atom. The van der Waals surface area contributed by atoms with Crippen molar-refractivity contribution in [2.75, 3.05) is 20.2 Å². The summed E-state index contributed by atoms with van der Waals surface area (Å²) < 4.78 is 5.72. The van der Waals surface area contributed by atoms with Crippen molar-refractivity contribution in [1.29, 1.82) is 0 Å². The summed E-state index contributed by atoms with van der Waals surface area (Å²) in [6.07, 6.45) is 7.65. The molecule has 1 saturated carbocycles. The van der Waals surface area contributed by atoms with E-state index >= 15 is 0 Å². The Balaban J connectivity index is 1.48. The highest BCUT2D eigenvalue weighted by atomic mass is 32.1. The van der Waals surface area contributed by atoms with Crippen LogP contribution < -0.4 is 10.1 Å². The minimum Gasteiger partial charge on any atom is -0.496 e. The average Bonchev–Trinajstić information content (AvgIpc) is 3.11. The molecule has 2 N–H and O–H groups in total. The summed E-state index contributed by atoms with van der Waals surface area (Å²) in [6, 6.07) is 4.48. The van der Waals surface area contributed by atoms with Crippen LogP contribution >= 0.6 is 11.3 Å². The van der Waals surface area contributed by atoms with Crippen LogP contribution in [0, 0.1) is 5.92 Å². The van der Waals surface area contributed by atoms with Crippen molar-refractivity contribution >= 4 is 17.3 Å². The number of rotatable bonds is 6. The van der Waals surface area contributed by atoms with E-state index in [2.05, 4.69) is 22.8 Å². The van der Waals surface area contributed by atoms with E-state index in [0.717, 1.165) is 75.0 Å². The molecule has 2 aliphatic rings. The van der Waals surface area contributed by atoms with Crippen LogP contribution in [0.1, 0.15) is 60.6 Å². The highest BCUT2D eigenvalue weighted by Gasteiger charge is 2.25. The maximum atomic E-state index is 10.8. The zero-order valence-electron chi connectivity index (χ0n) is 17.1. The molecule has 4 rings (SSSR count). The lowest BCUT2D eigenvalue weighted by Crippen LogP contribution is -2.16. The van der Waals surface area contributed by atoms with Gasteiger partial charge in [-0.1, -0.05) is 0 Å². The maximum Gasteiger partial charge on any atom is 0.303 e. The number of methoxy groups -OCH3 is 1. The average molecular weight is 415 g/mol. The summed E-state index contributed by atoms with van der Waals surface area (Å²) in [7, 11) is 1.74.